The quantitative estimate of drug-likeness (QED) is 0.746. The second-order valence-electron chi connectivity index (χ2n) is 6.18. The first kappa shape index (κ1) is 17.8. The molecule has 1 fully saturated rings. The molecule has 2 aromatic rings. The van der Waals surface area contributed by atoms with Crippen molar-refractivity contribution in [2.24, 2.45) is 0 Å². The Kier molecular flexibility index (Phi) is 6.30. The minimum absolute atomic E-state index is 0.0177. The third-order valence-corrected chi connectivity index (χ3v) is 5.25. The van der Waals surface area contributed by atoms with Crippen molar-refractivity contribution < 1.29 is 14.3 Å². The number of carbonyl (C=O) groups is 1. The number of ether oxygens (including phenoxy) is 2. The Labute approximate surface area is 152 Å². The maximum atomic E-state index is 12.1. The van der Waals surface area contributed by atoms with Crippen LogP contribution in [0.3, 0.4) is 0 Å². The molecule has 1 aliphatic rings. The Hall–Kier alpha value is -2.05. The highest BCUT2D eigenvalue weighted by Gasteiger charge is 2.35. The summed E-state index contributed by atoms with van der Waals surface area (Å²) in [4.78, 5) is 12.1. The number of hydrogen-bond donors (Lipinski definition) is 2. The largest absolute Gasteiger partial charge is 0.492 e. The highest BCUT2D eigenvalue weighted by Crippen LogP contribution is 2.35. The number of urea groups is 1. The highest BCUT2D eigenvalue weighted by molar-refractivity contribution is 7.08. The molecule has 1 aromatic heterocycles. The molecule has 0 saturated carbocycles. The molecule has 0 unspecified atom stereocenters. The predicted octanol–water partition coefficient (Wildman–Crippen LogP) is 3.17. The van der Waals surface area contributed by atoms with Gasteiger partial charge in [0.15, 0.2) is 0 Å². The van der Waals surface area contributed by atoms with E-state index in [4.69, 9.17) is 9.47 Å². The zero-order valence-electron chi connectivity index (χ0n) is 14.2. The van der Waals surface area contributed by atoms with Crippen molar-refractivity contribution >= 4 is 17.4 Å². The van der Waals surface area contributed by atoms with Crippen molar-refractivity contribution in [3.8, 4) is 5.75 Å². The minimum atomic E-state index is -0.155. The summed E-state index contributed by atoms with van der Waals surface area (Å²) in [6.07, 6.45) is 1.86. The predicted molar refractivity (Wildman–Crippen MR) is 99.4 cm³/mol. The molecule has 0 spiro atoms. The van der Waals surface area contributed by atoms with E-state index in [0.717, 1.165) is 31.8 Å². The second kappa shape index (κ2) is 8.87. The number of benzene rings is 1. The number of nitrogens with one attached hydrogen (secondary N) is 2. The van der Waals surface area contributed by atoms with Gasteiger partial charge in [0.25, 0.3) is 0 Å². The first-order chi connectivity index (χ1) is 12.3. The minimum Gasteiger partial charge on any atom is -0.492 e. The highest BCUT2D eigenvalue weighted by atomic mass is 32.1. The Morgan fingerprint density at radius 2 is 1.96 bits per heavy atom. The van der Waals surface area contributed by atoms with Crippen molar-refractivity contribution in [1.82, 2.24) is 10.6 Å². The third kappa shape index (κ3) is 4.96. The van der Waals surface area contributed by atoms with Crippen LogP contribution in [0.25, 0.3) is 0 Å². The van der Waals surface area contributed by atoms with Gasteiger partial charge >= 0.3 is 6.03 Å². The summed E-state index contributed by atoms with van der Waals surface area (Å²) in [5, 5.41) is 10.1. The van der Waals surface area contributed by atoms with Gasteiger partial charge in [0.05, 0.1) is 6.54 Å². The zero-order chi connectivity index (χ0) is 17.4. The van der Waals surface area contributed by atoms with Gasteiger partial charge in [-0.05, 0) is 47.4 Å². The first-order valence-corrected chi connectivity index (χ1v) is 9.53. The van der Waals surface area contributed by atoms with E-state index in [1.807, 2.05) is 30.3 Å². The standard InChI is InChI=1S/C19H24N2O3S/c22-18(20-9-12-24-17-4-2-1-3-5-17)21-15-19(7-10-23-11-8-19)16-6-13-25-14-16/h1-6,13-14H,7-12,15H2,(H2,20,21,22). The van der Waals surface area contributed by atoms with Gasteiger partial charge in [0.2, 0.25) is 0 Å². The molecule has 1 saturated heterocycles. The molecule has 1 aliphatic heterocycles. The van der Waals surface area contributed by atoms with Gasteiger partial charge in [-0.15, -0.1) is 0 Å². The number of rotatable bonds is 7. The maximum Gasteiger partial charge on any atom is 0.314 e. The number of carbonyl (C=O) groups excluding carboxylic acids is 1. The molecule has 1 aromatic carbocycles. The van der Waals surface area contributed by atoms with E-state index < -0.39 is 0 Å². The lowest BCUT2D eigenvalue weighted by atomic mass is 9.75. The number of thiophene rings is 1. The third-order valence-electron chi connectivity index (χ3n) is 4.57. The summed E-state index contributed by atoms with van der Waals surface area (Å²) < 4.78 is 11.1. The summed E-state index contributed by atoms with van der Waals surface area (Å²) in [5.74, 6) is 0.809. The van der Waals surface area contributed by atoms with E-state index in [-0.39, 0.29) is 11.4 Å². The van der Waals surface area contributed by atoms with Crippen LogP contribution in [0, 0.1) is 0 Å². The van der Waals surface area contributed by atoms with Crippen LogP contribution < -0.4 is 15.4 Å². The molecule has 5 nitrogen and oxygen atoms in total. The Morgan fingerprint density at radius 3 is 2.68 bits per heavy atom. The number of hydrogen-bond acceptors (Lipinski definition) is 4. The summed E-state index contributed by atoms with van der Waals surface area (Å²) in [6.45, 7) is 3.02. The van der Waals surface area contributed by atoms with Crippen LogP contribution in [-0.2, 0) is 10.2 Å². The van der Waals surface area contributed by atoms with E-state index in [0.29, 0.717) is 19.7 Å². The van der Waals surface area contributed by atoms with Crippen LogP contribution in [0.15, 0.2) is 47.2 Å². The molecule has 0 aliphatic carbocycles. The normalized spacial score (nSPS) is 16.2. The molecule has 2 N–H and O–H groups in total. The Bertz CT molecular complexity index is 640. The van der Waals surface area contributed by atoms with E-state index in [1.54, 1.807) is 11.3 Å². The number of amides is 2. The van der Waals surface area contributed by atoms with Crippen molar-refractivity contribution in [2.45, 2.75) is 18.3 Å². The smallest absolute Gasteiger partial charge is 0.314 e. The molecule has 3 rings (SSSR count). The lowest BCUT2D eigenvalue weighted by molar-refractivity contribution is 0.0508. The van der Waals surface area contributed by atoms with Crippen LogP contribution in [0.2, 0.25) is 0 Å². The van der Waals surface area contributed by atoms with Crippen molar-refractivity contribution in [3.63, 3.8) is 0 Å². The van der Waals surface area contributed by atoms with E-state index in [9.17, 15) is 4.79 Å². The molecule has 0 radical (unpaired) electrons. The lowest BCUT2D eigenvalue weighted by Gasteiger charge is -2.37. The molecule has 2 amide bonds. The Balaban J connectivity index is 1.42. The van der Waals surface area contributed by atoms with Gasteiger partial charge in [0, 0.05) is 25.2 Å². The fourth-order valence-electron chi connectivity index (χ4n) is 3.06. The maximum absolute atomic E-state index is 12.1. The SMILES string of the molecule is O=C(NCCOc1ccccc1)NCC1(c2ccsc2)CCOCC1. The van der Waals surface area contributed by atoms with E-state index >= 15 is 0 Å². The van der Waals surface area contributed by atoms with Gasteiger partial charge in [-0.2, -0.15) is 11.3 Å². The summed E-state index contributed by atoms with van der Waals surface area (Å²) >= 11 is 1.70. The van der Waals surface area contributed by atoms with Gasteiger partial charge in [-0.25, -0.2) is 4.79 Å². The van der Waals surface area contributed by atoms with Crippen molar-refractivity contribution in [3.05, 3.63) is 52.7 Å². The molecule has 0 bridgehead atoms. The fourth-order valence-corrected chi connectivity index (χ4v) is 3.84. The van der Waals surface area contributed by atoms with Crippen molar-refractivity contribution in [2.75, 3.05) is 32.9 Å². The van der Waals surface area contributed by atoms with E-state index in [1.165, 1.54) is 5.56 Å². The van der Waals surface area contributed by atoms with Crippen molar-refractivity contribution in [1.29, 1.82) is 0 Å². The molecular formula is C19H24N2O3S. The summed E-state index contributed by atoms with van der Waals surface area (Å²) in [7, 11) is 0. The second-order valence-corrected chi connectivity index (χ2v) is 6.96. The molecule has 134 valence electrons. The molecular weight excluding hydrogens is 336 g/mol. The average Bonchev–Trinajstić information content (AvgIpc) is 3.21. The zero-order valence-corrected chi connectivity index (χ0v) is 15.0. The van der Waals surface area contributed by atoms with Gasteiger partial charge in [-0.3, -0.25) is 0 Å². The molecule has 2 heterocycles. The topological polar surface area (TPSA) is 59.6 Å². The Morgan fingerprint density at radius 1 is 1.16 bits per heavy atom. The van der Waals surface area contributed by atoms with Crippen LogP contribution in [0.5, 0.6) is 5.75 Å². The molecule has 0 atom stereocenters. The fraction of sp³-hybridized carbons (Fsp3) is 0.421. The number of para-hydroxylation sites is 1. The van der Waals surface area contributed by atoms with Crippen LogP contribution in [-0.4, -0.2) is 38.9 Å². The summed E-state index contributed by atoms with van der Waals surface area (Å²) in [6, 6.07) is 11.6. The van der Waals surface area contributed by atoms with Crippen LogP contribution in [0.4, 0.5) is 4.79 Å². The molecule has 25 heavy (non-hydrogen) atoms. The monoisotopic (exact) mass is 360 g/mol. The van der Waals surface area contributed by atoms with Gasteiger partial charge in [0.1, 0.15) is 12.4 Å². The van der Waals surface area contributed by atoms with Gasteiger partial charge < -0.3 is 20.1 Å². The molecule has 6 heteroatoms. The van der Waals surface area contributed by atoms with Gasteiger partial charge in [-0.1, -0.05) is 18.2 Å². The lowest BCUT2D eigenvalue weighted by Crippen LogP contribution is -2.47. The summed E-state index contributed by atoms with van der Waals surface area (Å²) in [5.41, 5.74) is 1.28. The average molecular weight is 360 g/mol. The van der Waals surface area contributed by atoms with E-state index in [2.05, 4.69) is 27.5 Å². The van der Waals surface area contributed by atoms with Crippen LogP contribution in [0.1, 0.15) is 18.4 Å². The van der Waals surface area contributed by atoms with Crippen LogP contribution >= 0.6 is 11.3 Å². The first-order valence-electron chi connectivity index (χ1n) is 8.58.